The van der Waals surface area contributed by atoms with Crippen molar-refractivity contribution < 1.29 is 58.3 Å². The maximum absolute atomic E-state index is 13.9. The number of amidine groups is 5. The predicted molar refractivity (Wildman–Crippen MR) is 452 cm³/mol. The molecule has 0 bridgehead atoms. The lowest BCUT2D eigenvalue weighted by atomic mass is 9.86. The molecular weight excluding hydrogens is 1540 g/mol. The summed E-state index contributed by atoms with van der Waals surface area (Å²) in [5.41, 5.74) is 7.90. The van der Waals surface area contributed by atoms with Crippen molar-refractivity contribution in [2.24, 2.45) is 39.1 Å². The molecule has 5 atom stereocenters. The number of aliphatic hydroxyl groups is 5. The molecule has 29 heteroatoms. The second-order valence-electron chi connectivity index (χ2n) is 31.6. The number of aliphatic imine (C=N–C) groups is 5. The molecule has 118 heavy (non-hydrogen) atoms. The Kier molecular flexibility index (Phi) is 19.0. The highest BCUT2D eigenvalue weighted by molar-refractivity contribution is 7.16. The number of aryl methyl sites for hydroxylation is 11. The van der Waals surface area contributed by atoms with Gasteiger partial charge in [-0.15, -0.1) is 22.7 Å². The number of nitriles is 1. The van der Waals surface area contributed by atoms with Crippen LogP contribution in [0.4, 0.5) is 59.9 Å². The Morgan fingerprint density at radius 3 is 1.36 bits per heavy atom. The van der Waals surface area contributed by atoms with Gasteiger partial charge in [0.15, 0.2) is 39.7 Å². The number of carbonyl (C=O) groups excluding carboxylic acids is 5. The molecule has 0 spiro atoms. The summed E-state index contributed by atoms with van der Waals surface area (Å²) in [6.45, 7) is 19.8. The highest BCUT2D eigenvalue weighted by Crippen LogP contribution is 2.48. The van der Waals surface area contributed by atoms with Crippen LogP contribution in [0.25, 0.3) is 11.0 Å². The molecule has 26 nitrogen and oxygen atoms in total. The minimum absolute atomic E-state index is 0.132. The third-order valence-electron chi connectivity index (χ3n) is 23.7. The Labute approximate surface area is 685 Å². The number of fused-ring (bicyclic) bond motifs is 11. The Bertz CT molecular complexity index is 6380. The molecule has 5 saturated heterocycles. The lowest BCUT2D eigenvalue weighted by Gasteiger charge is -2.30. The predicted octanol–water partition coefficient (Wildman–Crippen LogP) is 13.9. The number of thiophene rings is 2. The van der Waals surface area contributed by atoms with Gasteiger partial charge in [-0.05, 0) is 210 Å². The van der Waals surface area contributed by atoms with Crippen molar-refractivity contribution in [3.8, 4) is 6.07 Å². The normalized spacial score (nSPS) is 22.5. The van der Waals surface area contributed by atoms with Crippen LogP contribution in [0.2, 0.25) is 0 Å². The van der Waals surface area contributed by atoms with Gasteiger partial charge in [0, 0.05) is 135 Å². The van der Waals surface area contributed by atoms with Crippen LogP contribution in [-0.4, -0.2) is 164 Å². The first-order valence-electron chi connectivity index (χ1n) is 38.6. The van der Waals surface area contributed by atoms with Crippen molar-refractivity contribution in [1.29, 1.82) is 5.26 Å². The Morgan fingerprint density at radius 2 is 0.873 bits per heavy atom. The number of nitrogens with zero attached hydrogens (tertiary/aromatic N) is 15. The molecule has 5 aromatic heterocycles. The molecular formula is C89H82FN15O11S2. The Hall–Kier alpha value is -12.4. The fourth-order valence-electron chi connectivity index (χ4n) is 16.9. The number of carbonyl (C=O) groups is 5. The van der Waals surface area contributed by atoms with Crippen LogP contribution in [0.15, 0.2) is 175 Å². The number of hydrogen-bond acceptors (Lipinski definition) is 26. The molecule has 5 fully saturated rings. The van der Waals surface area contributed by atoms with Gasteiger partial charge < -0.3 is 54.4 Å². The van der Waals surface area contributed by atoms with E-state index in [0.29, 0.717) is 149 Å². The van der Waals surface area contributed by atoms with Crippen LogP contribution in [0.1, 0.15) is 139 Å². The van der Waals surface area contributed by atoms with Gasteiger partial charge in [-0.25, -0.2) is 29.4 Å². The lowest BCUT2D eigenvalue weighted by Crippen LogP contribution is -2.48. The first kappa shape index (κ1) is 78.1. The third kappa shape index (κ3) is 12.8. The van der Waals surface area contributed by atoms with Crippen molar-refractivity contribution in [3.05, 3.63) is 234 Å². The molecule has 10 aliphatic heterocycles. The van der Waals surface area contributed by atoms with E-state index < -0.39 is 39.6 Å². The number of aromatic nitrogens is 4. The molecule has 598 valence electrons. The average molecular weight is 1620 g/mol. The molecule has 0 aliphatic carbocycles. The zero-order chi connectivity index (χ0) is 83.3. The van der Waals surface area contributed by atoms with Crippen molar-refractivity contribution in [2.45, 2.75) is 122 Å². The van der Waals surface area contributed by atoms with E-state index in [1.165, 1.54) is 17.4 Å². The van der Waals surface area contributed by atoms with E-state index in [0.717, 1.165) is 82.7 Å². The fraction of sp³-hybridized carbons (Fsp3) is 0.292. The summed E-state index contributed by atoms with van der Waals surface area (Å²) in [6.07, 6.45) is 8.73. The van der Waals surface area contributed by atoms with Gasteiger partial charge in [-0.3, -0.25) is 33.3 Å². The number of rotatable bonds is 5. The summed E-state index contributed by atoms with van der Waals surface area (Å²) >= 11 is 3.04. The molecule has 0 amide bonds. The van der Waals surface area contributed by atoms with E-state index in [1.807, 2.05) is 197 Å². The van der Waals surface area contributed by atoms with E-state index in [2.05, 4.69) is 41.2 Å². The highest BCUT2D eigenvalue weighted by Gasteiger charge is 2.58. The van der Waals surface area contributed by atoms with Gasteiger partial charge in [-0.2, -0.15) is 15.5 Å². The summed E-state index contributed by atoms with van der Waals surface area (Å²) in [6, 6.07) is 36.8. The number of hydrogen-bond donors (Lipinski definition) is 5. The summed E-state index contributed by atoms with van der Waals surface area (Å²) in [7, 11) is 3.67. The van der Waals surface area contributed by atoms with Crippen LogP contribution in [0.5, 0.6) is 0 Å². The number of Topliss-reactive ketones (excluding diaryl/α,β-unsaturated/α-hetero) is 5. The second kappa shape index (κ2) is 28.8. The monoisotopic (exact) mass is 1620 g/mol. The molecule has 0 radical (unpaired) electrons. The molecule has 5 N–H and O–H groups in total. The summed E-state index contributed by atoms with van der Waals surface area (Å²) in [4.78, 5) is 97.7. The van der Waals surface area contributed by atoms with E-state index >= 15 is 0 Å². The zero-order valence-corrected chi connectivity index (χ0v) is 68.1. The largest absolute Gasteiger partial charge is 0.461 e. The van der Waals surface area contributed by atoms with Crippen LogP contribution in [-0.2, 0) is 14.1 Å². The lowest BCUT2D eigenvalue weighted by molar-refractivity contribution is 0.0599. The summed E-state index contributed by atoms with van der Waals surface area (Å²) < 4.78 is 22.9. The molecule has 10 aliphatic rings. The van der Waals surface area contributed by atoms with Gasteiger partial charge >= 0.3 is 0 Å². The molecule has 15 heterocycles. The molecule has 21 rings (SSSR count). The van der Waals surface area contributed by atoms with Crippen molar-refractivity contribution >= 4 is 147 Å². The van der Waals surface area contributed by atoms with E-state index in [-0.39, 0.29) is 35.1 Å². The maximum atomic E-state index is 13.9. The number of ketones is 5. The number of benzene rings is 6. The van der Waals surface area contributed by atoms with Crippen LogP contribution < -0.4 is 24.5 Å². The highest BCUT2D eigenvalue weighted by atomic mass is 32.1. The molecule has 0 unspecified atom stereocenters. The zero-order valence-electron chi connectivity index (χ0n) is 66.5. The SMILES string of the molecule is Cc1cc2c(cc1C)C(=O)[C@]1(O)CCN(c3cccs3)C1=N2.Cc1cc2c(cc1C)C(=O)[C@]1(O)CCN(c3cnn(C)c3)C1=N2.Cc1cc2c(s1)N=C1N(c3ccc(C#N)c(C)c3)CC[C@@]1(O)C2=O.Cc1cc2cc(N3CC[C@@]4(O)C(=O)c5cc(F)c(C)cc5N=C34)ccc2o1.Cc1ccc2c(c1)C(=O)[C@]1(O)CCN(c3cnn(C)c3)C1=N2. The average Bonchev–Trinajstić information content (AvgIpc) is 1.66. The van der Waals surface area contributed by atoms with Crippen LogP contribution >= 0.6 is 22.7 Å². The van der Waals surface area contributed by atoms with Crippen molar-refractivity contribution in [2.75, 3.05) is 57.2 Å². The first-order chi connectivity index (χ1) is 56.2. The summed E-state index contributed by atoms with van der Waals surface area (Å²) in [5.74, 6) is 0.810. The maximum Gasteiger partial charge on any atom is 0.205 e. The fourth-order valence-corrected chi connectivity index (χ4v) is 18.5. The van der Waals surface area contributed by atoms with E-state index in [4.69, 9.17) is 9.68 Å². The van der Waals surface area contributed by atoms with Crippen LogP contribution in [0.3, 0.4) is 0 Å². The number of furan rings is 1. The van der Waals surface area contributed by atoms with Crippen molar-refractivity contribution in [1.82, 2.24) is 19.6 Å². The smallest absolute Gasteiger partial charge is 0.205 e. The van der Waals surface area contributed by atoms with Gasteiger partial charge in [0.05, 0.1) is 68.7 Å². The minimum Gasteiger partial charge on any atom is -0.461 e. The Balaban J connectivity index is 0.000000106. The van der Waals surface area contributed by atoms with E-state index in [9.17, 15) is 53.9 Å². The molecule has 6 aromatic carbocycles. The number of halogens is 1. The van der Waals surface area contributed by atoms with E-state index in [1.54, 1.807) is 64.3 Å². The second-order valence-corrected chi connectivity index (χ2v) is 33.8. The summed E-state index contributed by atoms with van der Waals surface area (Å²) in [5, 5.41) is 76.9. The topological polar surface area (TPSA) is 337 Å². The number of anilines is 5. The van der Waals surface area contributed by atoms with Gasteiger partial charge in [0.2, 0.25) is 28.9 Å². The van der Waals surface area contributed by atoms with Gasteiger partial charge in [0.25, 0.3) is 0 Å². The van der Waals surface area contributed by atoms with Gasteiger partial charge in [0.1, 0.15) is 39.7 Å². The Morgan fingerprint density at radius 1 is 0.441 bits per heavy atom. The van der Waals surface area contributed by atoms with Crippen LogP contribution in [0, 0.1) is 79.5 Å². The third-order valence-corrected chi connectivity index (χ3v) is 25.5. The minimum atomic E-state index is -1.73. The molecule has 0 saturated carbocycles. The molecule has 11 aromatic rings. The standard InChI is InChI=1S/C21H17FN2O3.C18H15N3O2S.C17H18N4O2.C17H16N2O2S.C16H16N4O2/c1-11-7-17-15(10-16(11)22)19(25)21(26)5-6-24(20(21)23-17)14-3-4-18-13(9-14)8-12(2)27-18;1-10-7-13(4-3-12(10)9-19)21-6-5-18(23)15(22)14-8-11(2)24-16(14)20-17(18)21;1-10-6-13-14(7-11(10)2)19-16-17(23,15(13)22)4-5-21(16)12-8-18-20(3)9-12;1-10-8-12-13(9-11(10)2)18-16-17(21,15(12)20)5-6-19(16)14-4-3-7-22-14;1-10-3-4-13-12(7-10)14(21)16(22)5-6-20(15(16)18-13)11-8-17-19(2)9-11/h3-4,7-10,26H,5-6H2,1-2H3;3-4,7-8,23H,5-6H2,1-2H3;6-9,23H,4-5H2,1-3H3;3-4,7-9,21H,5-6H2,1-2H3;3-4,7-9,22H,5-6H2,1-2H3/t21-;18-;2*17-;16-/m11111/s1. The quantitative estimate of drug-likeness (QED) is 0.107. The first-order valence-corrected chi connectivity index (χ1v) is 40.3. The van der Waals surface area contributed by atoms with Gasteiger partial charge in [-0.1, -0.05) is 11.6 Å². The van der Waals surface area contributed by atoms with Crippen molar-refractivity contribution in [3.63, 3.8) is 0 Å².